The van der Waals surface area contributed by atoms with Crippen LogP contribution >= 0.6 is 11.6 Å². The van der Waals surface area contributed by atoms with Crippen molar-refractivity contribution in [1.82, 2.24) is 20.4 Å². The molecule has 4 rings (SSSR count). The molecule has 1 saturated carbocycles. The van der Waals surface area contributed by atoms with E-state index < -0.39 is 0 Å². The molecule has 0 bridgehead atoms. The molecule has 1 heterocycles. The number of carbonyl (C=O) groups excluding carboxylic acids is 1. The Morgan fingerprint density at radius 2 is 1.87 bits per heavy atom. The summed E-state index contributed by atoms with van der Waals surface area (Å²) in [5.74, 6) is 0.250. The standard InChI is InChI=1S/C24H31ClN4O/c1-15-9-12-21(14-22(15)25)29-17(3)23(16(2)28-29)18-10-11-20(13-18)27-24(30)26-19-7-5-4-6-8-19/h9-12,14,18-20H,4-8,13H2,1-3H3,(H2,26,27,30)/t18-,20+/m0/s1. The Kier molecular flexibility index (Phi) is 6.19. The number of amides is 2. The second-order valence-electron chi connectivity index (χ2n) is 8.72. The molecule has 2 N–H and O–H groups in total. The lowest BCUT2D eigenvalue weighted by Crippen LogP contribution is -2.46. The van der Waals surface area contributed by atoms with Crippen molar-refractivity contribution in [3.63, 3.8) is 0 Å². The van der Waals surface area contributed by atoms with E-state index in [9.17, 15) is 4.79 Å². The van der Waals surface area contributed by atoms with Gasteiger partial charge in [0.1, 0.15) is 0 Å². The fourth-order valence-electron chi connectivity index (χ4n) is 4.82. The summed E-state index contributed by atoms with van der Waals surface area (Å²) in [6.45, 7) is 6.16. The van der Waals surface area contributed by atoms with E-state index in [0.717, 1.165) is 46.9 Å². The van der Waals surface area contributed by atoms with Crippen LogP contribution in [-0.2, 0) is 0 Å². The summed E-state index contributed by atoms with van der Waals surface area (Å²) in [5.41, 5.74) is 5.41. The summed E-state index contributed by atoms with van der Waals surface area (Å²) >= 11 is 6.33. The second kappa shape index (κ2) is 8.84. The molecule has 2 atom stereocenters. The minimum absolute atomic E-state index is 0.0457. The first-order chi connectivity index (χ1) is 14.4. The van der Waals surface area contributed by atoms with Gasteiger partial charge in [-0.3, -0.25) is 0 Å². The third-order valence-corrected chi connectivity index (χ3v) is 6.87. The summed E-state index contributed by atoms with van der Waals surface area (Å²) in [6, 6.07) is 6.36. The van der Waals surface area contributed by atoms with Crippen molar-refractivity contribution < 1.29 is 4.79 Å². The van der Waals surface area contributed by atoms with Crippen LogP contribution in [0.5, 0.6) is 0 Å². The van der Waals surface area contributed by atoms with Gasteiger partial charge in [-0.2, -0.15) is 5.10 Å². The lowest BCUT2D eigenvalue weighted by atomic mass is 9.95. The normalized spacial score (nSPS) is 21.7. The van der Waals surface area contributed by atoms with Crippen molar-refractivity contribution in [2.45, 2.75) is 77.3 Å². The number of nitrogens with zero attached hydrogens (tertiary/aromatic N) is 2. The highest BCUT2D eigenvalue weighted by atomic mass is 35.5. The van der Waals surface area contributed by atoms with Gasteiger partial charge in [0.2, 0.25) is 0 Å². The van der Waals surface area contributed by atoms with Gasteiger partial charge in [0.15, 0.2) is 0 Å². The first-order valence-corrected chi connectivity index (χ1v) is 11.4. The van der Waals surface area contributed by atoms with Gasteiger partial charge < -0.3 is 10.6 Å². The Morgan fingerprint density at radius 3 is 2.60 bits per heavy atom. The van der Waals surface area contributed by atoms with E-state index in [2.05, 4.69) is 42.7 Å². The zero-order valence-electron chi connectivity index (χ0n) is 18.0. The molecule has 160 valence electrons. The van der Waals surface area contributed by atoms with Crippen LogP contribution in [0.1, 0.15) is 67.0 Å². The Bertz CT molecular complexity index is 958. The Hall–Kier alpha value is -2.27. The van der Waals surface area contributed by atoms with Crippen molar-refractivity contribution >= 4 is 17.6 Å². The molecule has 2 amide bonds. The SMILES string of the molecule is Cc1ccc(-n2nc(C)c([C@H]3C=C[C@@H](NC(=O)NC4CCCCC4)C3)c2C)cc1Cl. The number of urea groups is 1. The number of aryl methyl sites for hydroxylation is 2. The maximum Gasteiger partial charge on any atom is 0.315 e. The maximum atomic E-state index is 12.4. The molecule has 0 aliphatic heterocycles. The lowest BCUT2D eigenvalue weighted by Gasteiger charge is -2.24. The summed E-state index contributed by atoms with van der Waals surface area (Å²) in [6.07, 6.45) is 11.1. The van der Waals surface area contributed by atoms with Gasteiger partial charge in [0.25, 0.3) is 0 Å². The van der Waals surface area contributed by atoms with Crippen LogP contribution in [-0.4, -0.2) is 27.9 Å². The van der Waals surface area contributed by atoms with E-state index in [1.54, 1.807) is 0 Å². The number of nitrogens with one attached hydrogen (secondary N) is 2. The van der Waals surface area contributed by atoms with Crippen LogP contribution in [0.25, 0.3) is 5.69 Å². The van der Waals surface area contributed by atoms with Crippen molar-refractivity contribution in [2.75, 3.05) is 0 Å². The molecular weight excluding hydrogens is 396 g/mol. The molecular formula is C24H31ClN4O. The van der Waals surface area contributed by atoms with E-state index in [0.29, 0.717) is 6.04 Å². The third-order valence-electron chi connectivity index (χ3n) is 6.46. The fourth-order valence-corrected chi connectivity index (χ4v) is 4.99. The molecule has 6 heteroatoms. The van der Waals surface area contributed by atoms with E-state index in [4.69, 9.17) is 16.7 Å². The van der Waals surface area contributed by atoms with Crippen molar-refractivity contribution in [3.05, 3.63) is 57.9 Å². The molecule has 1 aromatic heterocycles. The number of carbonyl (C=O) groups is 1. The number of rotatable bonds is 4. The van der Waals surface area contributed by atoms with Crippen LogP contribution < -0.4 is 10.6 Å². The largest absolute Gasteiger partial charge is 0.335 e. The van der Waals surface area contributed by atoms with Crippen molar-refractivity contribution in [2.24, 2.45) is 0 Å². The molecule has 0 spiro atoms. The van der Waals surface area contributed by atoms with Crippen LogP contribution in [0, 0.1) is 20.8 Å². The molecule has 0 saturated heterocycles. The van der Waals surface area contributed by atoms with Crippen LogP contribution in [0.4, 0.5) is 4.79 Å². The smallest absolute Gasteiger partial charge is 0.315 e. The van der Waals surface area contributed by atoms with Gasteiger partial charge in [-0.1, -0.05) is 49.1 Å². The molecule has 1 aromatic carbocycles. The number of aromatic nitrogens is 2. The molecule has 0 radical (unpaired) electrons. The van der Waals surface area contributed by atoms with E-state index in [1.165, 1.54) is 24.8 Å². The van der Waals surface area contributed by atoms with Gasteiger partial charge in [0.05, 0.1) is 11.4 Å². The maximum absolute atomic E-state index is 12.4. The Morgan fingerprint density at radius 1 is 1.10 bits per heavy atom. The van der Waals surface area contributed by atoms with Gasteiger partial charge >= 0.3 is 6.03 Å². The highest BCUT2D eigenvalue weighted by molar-refractivity contribution is 6.31. The zero-order valence-corrected chi connectivity index (χ0v) is 18.8. The van der Waals surface area contributed by atoms with Gasteiger partial charge in [0, 0.05) is 34.3 Å². The molecule has 1 fully saturated rings. The zero-order chi connectivity index (χ0) is 21.3. The quantitative estimate of drug-likeness (QED) is 0.634. The predicted octanol–water partition coefficient (Wildman–Crippen LogP) is 5.49. The molecule has 5 nitrogen and oxygen atoms in total. The fraction of sp³-hybridized carbons (Fsp3) is 0.500. The van der Waals surface area contributed by atoms with Crippen molar-refractivity contribution in [3.8, 4) is 5.69 Å². The summed E-state index contributed by atoms with van der Waals surface area (Å²) in [7, 11) is 0. The second-order valence-corrected chi connectivity index (χ2v) is 9.12. The molecule has 0 unspecified atom stereocenters. The lowest BCUT2D eigenvalue weighted by molar-refractivity contribution is 0.230. The molecule has 2 aromatic rings. The first kappa shape index (κ1) is 21.0. The highest BCUT2D eigenvalue weighted by Gasteiger charge is 2.27. The summed E-state index contributed by atoms with van der Waals surface area (Å²) < 4.78 is 1.97. The van der Waals surface area contributed by atoms with E-state index in [1.807, 2.05) is 23.7 Å². The number of benzene rings is 1. The number of hydrogen-bond acceptors (Lipinski definition) is 2. The van der Waals surface area contributed by atoms with Gasteiger partial charge in [-0.05, 0) is 57.7 Å². The summed E-state index contributed by atoms with van der Waals surface area (Å²) in [4.78, 5) is 12.4. The monoisotopic (exact) mass is 426 g/mol. The summed E-state index contributed by atoms with van der Waals surface area (Å²) in [5, 5.41) is 11.8. The minimum atomic E-state index is -0.0457. The van der Waals surface area contributed by atoms with Gasteiger partial charge in [-0.15, -0.1) is 0 Å². The average molecular weight is 427 g/mol. The van der Waals surface area contributed by atoms with Crippen LogP contribution in [0.3, 0.4) is 0 Å². The molecule has 2 aliphatic rings. The highest BCUT2D eigenvalue weighted by Crippen LogP contribution is 2.34. The molecule has 30 heavy (non-hydrogen) atoms. The topological polar surface area (TPSA) is 59.0 Å². The third kappa shape index (κ3) is 4.41. The van der Waals surface area contributed by atoms with Crippen LogP contribution in [0.15, 0.2) is 30.4 Å². The predicted molar refractivity (Wildman–Crippen MR) is 122 cm³/mol. The average Bonchev–Trinajstić information content (AvgIpc) is 3.28. The number of hydrogen-bond donors (Lipinski definition) is 2. The van der Waals surface area contributed by atoms with Crippen molar-refractivity contribution in [1.29, 1.82) is 0 Å². The van der Waals surface area contributed by atoms with E-state index >= 15 is 0 Å². The van der Waals surface area contributed by atoms with Crippen LogP contribution in [0.2, 0.25) is 5.02 Å². The Labute approximate surface area is 183 Å². The van der Waals surface area contributed by atoms with Gasteiger partial charge in [-0.25, -0.2) is 9.48 Å². The minimum Gasteiger partial charge on any atom is -0.335 e. The molecule has 2 aliphatic carbocycles. The number of halogens is 1. The number of allylic oxidation sites excluding steroid dienone is 1. The first-order valence-electron chi connectivity index (χ1n) is 11.0. The van der Waals surface area contributed by atoms with E-state index in [-0.39, 0.29) is 18.0 Å². The Balaban J connectivity index is 1.43.